The number of ether oxygens (including phenoxy) is 4. The normalized spacial score (nSPS) is 18.5. The van der Waals surface area contributed by atoms with Crippen LogP contribution in [0.1, 0.15) is 238 Å². The molecular weight excluding hydrogens is 1020 g/mol. The van der Waals surface area contributed by atoms with Crippen LogP contribution in [0.25, 0.3) is 0 Å². The fourth-order valence-electron chi connectivity index (χ4n) is 9.24. The average Bonchev–Trinajstić information content (AvgIpc) is 3.44. The summed E-state index contributed by atoms with van der Waals surface area (Å²) in [4.78, 5) is 63.1. The molecule has 0 bridgehead atoms. The van der Waals surface area contributed by atoms with Gasteiger partial charge in [-0.05, 0) is 37.0 Å². The van der Waals surface area contributed by atoms with Crippen molar-refractivity contribution < 1.29 is 77.1 Å². The van der Waals surface area contributed by atoms with Crippen LogP contribution in [0.2, 0.25) is 0 Å². The first-order valence-corrected chi connectivity index (χ1v) is 31.8. The molecule has 0 saturated carbocycles. The van der Waals surface area contributed by atoms with Gasteiger partial charge >= 0.3 is 11.9 Å². The van der Waals surface area contributed by atoms with Gasteiger partial charge < -0.3 is 63.9 Å². The average molecular weight is 1130 g/mol. The van der Waals surface area contributed by atoms with E-state index in [4.69, 9.17) is 28.0 Å². The Morgan fingerprint density at radius 2 is 1.00 bits per heavy atom. The number of aliphatic hydroxyl groups is 4. The number of unbranched alkanes of at least 4 members (excludes halogenated alkanes) is 28. The van der Waals surface area contributed by atoms with Crippen LogP contribution in [0.4, 0.5) is 0 Å². The van der Waals surface area contributed by atoms with E-state index in [1.807, 2.05) is 0 Å². The molecule has 0 radical (unpaired) electrons. The number of hydrogen-bond donors (Lipinski definition) is 6. The molecule has 2 rings (SSSR count). The van der Waals surface area contributed by atoms with Crippen LogP contribution in [0.5, 0.6) is 5.75 Å². The first kappa shape index (κ1) is 70.9. The van der Waals surface area contributed by atoms with E-state index in [2.05, 4.69) is 24.5 Å². The minimum Gasteiger partial charge on any atom is -0.756 e. The highest BCUT2D eigenvalue weighted by molar-refractivity contribution is 7.45. The molecule has 1 heterocycles. The van der Waals surface area contributed by atoms with Crippen LogP contribution in [0.3, 0.4) is 0 Å². The van der Waals surface area contributed by atoms with Crippen molar-refractivity contribution in [2.24, 2.45) is 0 Å². The summed E-state index contributed by atoms with van der Waals surface area (Å²) in [6.45, 7) is 2.53. The number of amides is 2. The molecule has 4 unspecified atom stereocenters. The van der Waals surface area contributed by atoms with Crippen molar-refractivity contribution in [1.29, 1.82) is 0 Å². The van der Waals surface area contributed by atoms with Gasteiger partial charge in [0, 0.05) is 38.8 Å². The summed E-state index contributed by atoms with van der Waals surface area (Å²) in [5, 5.41) is 44.8. The maximum Gasteiger partial charge on any atom is 0.306 e. The van der Waals surface area contributed by atoms with Gasteiger partial charge in [0.2, 0.25) is 18.1 Å². The van der Waals surface area contributed by atoms with E-state index in [0.29, 0.717) is 25.0 Å². The van der Waals surface area contributed by atoms with E-state index >= 15 is 0 Å². The molecule has 2 amide bonds. The molecule has 0 aliphatic carbocycles. The predicted octanol–water partition coefficient (Wildman–Crippen LogP) is 9.90. The van der Waals surface area contributed by atoms with Crippen molar-refractivity contribution in [1.82, 2.24) is 10.6 Å². The first-order chi connectivity index (χ1) is 37.8. The zero-order chi connectivity index (χ0) is 56.9. The van der Waals surface area contributed by atoms with Crippen LogP contribution in [-0.2, 0) is 53.4 Å². The van der Waals surface area contributed by atoms with Gasteiger partial charge in [0.25, 0.3) is 7.82 Å². The number of phosphoric acid groups is 1. The van der Waals surface area contributed by atoms with Gasteiger partial charge in [-0.15, -0.1) is 0 Å². The number of esters is 2. The Morgan fingerprint density at radius 3 is 1.46 bits per heavy atom. The molecule has 452 valence electrons. The number of carbonyl (C=O) groups is 4. The first-order valence-electron chi connectivity index (χ1n) is 30.3. The van der Waals surface area contributed by atoms with Gasteiger partial charge in [-0.2, -0.15) is 0 Å². The third-order valence-corrected chi connectivity index (χ3v) is 15.1. The number of carbonyl (C=O) groups excluding carboxylic acids is 4. The number of hydrogen-bond acceptors (Lipinski definition) is 16. The van der Waals surface area contributed by atoms with E-state index in [9.17, 15) is 49.1 Å². The van der Waals surface area contributed by atoms with E-state index in [1.165, 1.54) is 141 Å². The second-order valence-electron chi connectivity index (χ2n) is 21.2. The number of aliphatic hydroxyl groups excluding tert-OH is 4. The summed E-state index contributed by atoms with van der Waals surface area (Å²) in [6.07, 6.45) is 28.3. The van der Waals surface area contributed by atoms with Crippen molar-refractivity contribution in [2.75, 3.05) is 39.5 Å². The zero-order valence-electron chi connectivity index (χ0n) is 47.9. The third kappa shape index (κ3) is 36.9. The van der Waals surface area contributed by atoms with E-state index in [-0.39, 0.29) is 51.3 Å². The van der Waals surface area contributed by atoms with E-state index < -0.39 is 82.3 Å². The van der Waals surface area contributed by atoms with Crippen LogP contribution in [-0.4, -0.2) is 121 Å². The Bertz CT molecular complexity index is 1720. The SMILES string of the molecule is CCCCCCCCCCCCCCCCCC(=O)OCC(COP(=O)([O-])OCCNC(=O)CCC(=O)NCCc1ccc(O[C@H]2OC(CO)[C@@H](O)C(O)[C@H]2O)cc1)OC(=O)CCCCCCCCCCCCCCCCC. The van der Waals surface area contributed by atoms with Gasteiger partial charge in [0.1, 0.15) is 36.8 Å². The Hall–Kier alpha value is -3.19. The quantitative estimate of drug-likeness (QED) is 0.0201. The van der Waals surface area contributed by atoms with Gasteiger partial charge in [-0.25, -0.2) is 0 Å². The Labute approximate surface area is 468 Å². The lowest BCUT2D eigenvalue weighted by molar-refractivity contribution is -0.277. The molecule has 6 N–H and O–H groups in total. The summed E-state index contributed by atoms with van der Waals surface area (Å²) in [5.74, 6) is -1.57. The predicted molar refractivity (Wildman–Crippen MR) is 299 cm³/mol. The fourth-order valence-corrected chi connectivity index (χ4v) is 9.98. The molecule has 1 saturated heterocycles. The number of nitrogens with one attached hydrogen (secondary N) is 2. The molecule has 78 heavy (non-hydrogen) atoms. The van der Waals surface area contributed by atoms with E-state index in [1.54, 1.807) is 24.3 Å². The van der Waals surface area contributed by atoms with Gasteiger partial charge in [0.05, 0.1) is 19.8 Å². The Morgan fingerprint density at radius 1 is 0.564 bits per heavy atom. The van der Waals surface area contributed by atoms with Crippen LogP contribution in [0, 0.1) is 0 Å². The molecule has 1 aromatic rings. The highest BCUT2D eigenvalue weighted by atomic mass is 31.2. The van der Waals surface area contributed by atoms with Gasteiger partial charge in [-0.1, -0.05) is 206 Å². The standard InChI is InChI=1S/C59H105N2O16P/c1-3-5-7-9-11-13-15-17-19-21-23-25-27-29-31-33-54(65)72-46-50(75-55(66)34-32-30-28-26-24-22-20-18-16-14-12-10-8-6-4-2)47-74-78(70,71)73-44-43-61-53(64)40-39-52(63)60-42-41-48-35-37-49(38-36-48)76-59-58(69)57(68)56(67)51(45-62)77-59/h35-38,50-51,56-59,62,67-69H,3-34,39-47H2,1-2H3,(H,60,63)(H,61,64)(H,70,71)/p-1/t50?,51?,56-,57?,58-,59+/m1/s1. The second-order valence-corrected chi connectivity index (χ2v) is 22.6. The molecular formula is C59H104N2O16P-. The van der Waals surface area contributed by atoms with Crippen LogP contribution in [0.15, 0.2) is 24.3 Å². The maximum absolute atomic E-state index is 12.9. The second kappa shape index (κ2) is 46.4. The number of rotatable bonds is 51. The molecule has 18 nitrogen and oxygen atoms in total. The fraction of sp³-hybridized carbons (Fsp3) is 0.831. The van der Waals surface area contributed by atoms with Crippen molar-refractivity contribution in [3.8, 4) is 5.75 Å². The molecule has 1 fully saturated rings. The monoisotopic (exact) mass is 1130 g/mol. The number of benzene rings is 1. The minimum absolute atomic E-state index is 0.120. The van der Waals surface area contributed by atoms with Crippen molar-refractivity contribution in [3.63, 3.8) is 0 Å². The smallest absolute Gasteiger partial charge is 0.306 e. The zero-order valence-corrected chi connectivity index (χ0v) is 48.8. The molecule has 0 aromatic heterocycles. The molecule has 7 atom stereocenters. The lowest BCUT2D eigenvalue weighted by atomic mass is 9.99. The summed E-state index contributed by atoms with van der Waals surface area (Å²) in [7, 11) is -4.93. The Kier molecular flexibility index (Phi) is 42.2. The molecule has 1 aromatic carbocycles. The topological polar surface area (TPSA) is 269 Å². The van der Waals surface area contributed by atoms with Gasteiger partial charge in [-0.3, -0.25) is 23.7 Å². The summed E-state index contributed by atoms with van der Waals surface area (Å²) >= 11 is 0. The van der Waals surface area contributed by atoms with Crippen molar-refractivity contribution in [2.45, 2.75) is 275 Å². The number of phosphoric ester groups is 1. The highest BCUT2D eigenvalue weighted by Gasteiger charge is 2.44. The Balaban J connectivity index is 1.68. The lowest BCUT2D eigenvalue weighted by Crippen LogP contribution is -2.60. The van der Waals surface area contributed by atoms with Crippen molar-refractivity contribution >= 4 is 31.6 Å². The minimum atomic E-state index is -4.93. The van der Waals surface area contributed by atoms with Gasteiger partial charge in [0.15, 0.2) is 6.10 Å². The largest absolute Gasteiger partial charge is 0.756 e. The van der Waals surface area contributed by atoms with Crippen molar-refractivity contribution in [3.05, 3.63) is 29.8 Å². The lowest BCUT2D eigenvalue weighted by Gasteiger charge is -2.39. The molecule has 0 spiro atoms. The molecule has 19 heteroatoms. The summed E-state index contributed by atoms with van der Waals surface area (Å²) in [5.41, 5.74) is 0.833. The third-order valence-electron chi connectivity index (χ3n) is 14.1. The maximum atomic E-state index is 12.9. The molecule has 1 aliphatic heterocycles. The van der Waals surface area contributed by atoms with Crippen LogP contribution >= 0.6 is 7.82 Å². The molecule has 1 aliphatic rings. The summed E-state index contributed by atoms with van der Waals surface area (Å²) in [6, 6.07) is 6.65. The highest BCUT2D eigenvalue weighted by Crippen LogP contribution is 2.38. The summed E-state index contributed by atoms with van der Waals surface area (Å²) < 4.78 is 44.6. The van der Waals surface area contributed by atoms with E-state index in [0.717, 1.165) is 44.1 Å². The van der Waals surface area contributed by atoms with Crippen LogP contribution < -0.4 is 20.3 Å².